The zero-order chi connectivity index (χ0) is 13.5. The van der Waals surface area contributed by atoms with Crippen LogP contribution >= 0.6 is 23.1 Å². The fraction of sp³-hybridized carbons (Fsp3) is 0.333. The fourth-order valence-corrected chi connectivity index (χ4v) is 4.84. The molecular weight excluding hydrogens is 286 g/mol. The number of hydrogen-bond donors (Lipinski definition) is 0. The second-order valence-electron chi connectivity index (χ2n) is 5.15. The molecule has 0 unspecified atom stereocenters. The number of pyridine rings is 1. The third kappa shape index (κ3) is 1.96. The Bertz CT molecular complexity index is 624. The first-order valence-corrected chi connectivity index (χ1v) is 8.54. The maximum absolute atomic E-state index is 4.96. The summed E-state index contributed by atoms with van der Waals surface area (Å²) in [5.41, 5.74) is 1.07. The number of thiophene rings is 1. The lowest BCUT2D eigenvalue weighted by Gasteiger charge is -2.25. The number of aromatic nitrogens is 1. The molecule has 0 N–H and O–H groups in total. The predicted octanol–water partition coefficient (Wildman–Crippen LogP) is 3.73. The van der Waals surface area contributed by atoms with E-state index in [1.165, 1.54) is 10.0 Å². The van der Waals surface area contributed by atoms with Gasteiger partial charge in [0.05, 0.1) is 11.7 Å². The highest BCUT2D eigenvalue weighted by Gasteiger charge is 2.43. The van der Waals surface area contributed by atoms with E-state index in [0.717, 1.165) is 12.2 Å². The van der Waals surface area contributed by atoms with Crippen LogP contribution in [0.3, 0.4) is 0 Å². The lowest BCUT2D eigenvalue weighted by Crippen LogP contribution is -2.27. The monoisotopic (exact) mass is 301 g/mol. The highest BCUT2D eigenvalue weighted by Crippen LogP contribution is 2.48. The van der Waals surface area contributed by atoms with Gasteiger partial charge in [0.25, 0.3) is 0 Å². The molecule has 3 atom stereocenters. The van der Waals surface area contributed by atoms with Crippen molar-refractivity contribution in [3.8, 4) is 0 Å². The van der Waals surface area contributed by atoms with Gasteiger partial charge in [-0.2, -0.15) is 0 Å². The van der Waals surface area contributed by atoms with Gasteiger partial charge in [-0.3, -0.25) is 9.98 Å². The second-order valence-corrected chi connectivity index (χ2v) is 7.54. The van der Waals surface area contributed by atoms with Crippen LogP contribution < -0.4 is 0 Å². The molecule has 2 aromatic rings. The molecule has 0 aromatic carbocycles. The Morgan fingerprint density at radius 2 is 2.20 bits per heavy atom. The summed E-state index contributed by atoms with van der Waals surface area (Å²) in [6, 6.07) is 10.9. The van der Waals surface area contributed by atoms with Crippen molar-refractivity contribution in [1.82, 2.24) is 9.88 Å². The zero-order valence-corrected chi connectivity index (χ0v) is 12.8. The fourth-order valence-electron chi connectivity index (χ4n) is 2.88. The molecule has 2 aromatic heterocycles. The summed E-state index contributed by atoms with van der Waals surface area (Å²) < 4.78 is 0. The first kappa shape index (κ1) is 12.4. The molecule has 0 aliphatic carbocycles. The molecule has 102 valence electrons. The van der Waals surface area contributed by atoms with Crippen LogP contribution in [0.5, 0.6) is 0 Å². The zero-order valence-electron chi connectivity index (χ0n) is 11.1. The second kappa shape index (κ2) is 4.90. The molecule has 0 saturated carbocycles. The number of aliphatic imine (C=N–C) groups is 1. The van der Waals surface area contributed by atoms with E-state index in [1.54, 1.807) is 0 Å². The van der Waals surface area contributed by atoms with E-state index in [-0.39, 0.29) is 6.04 Å². The van der Waals surface area contributed by atoms with Gasteiger partial charge >= 0.3 is 0 Å². The van der Waals surface area contributed by atoms with Gasteiger partial charge in [0.1, 0.15) is 6.04 Å². The molecule has 0 radical (unpaired) electrons. The molecule has 0 bridgehead atoms. The van der Waals surface area contributed by atoms with Crippen molar-refractivity contribution in [2.45, 2.75) is 24.3 Å². The SMILES string of the molecule is C[C@@H]1CN2C(=N[C@H](c3ccccn3)[C@H]2c2cccs2)S1. The van der Waals surface area contributed by atoms with E-state index in [1.807, 2.05) is 41.4 Å². The van der Waals surface area contributed by atoms with Crippen LogP contribution in [0.2, 0.25) is 0 Å². The highest BCUT2D eigenvalue weighted by molar-refractivity contribution is 8.14. The molecule has 1 saturated heterocycles. The number of fused-ring (bicyclic) bond motifs is 1. The Balaban J connectivity index is 1.77. The predicted molar refractivity (Wildman–Crippen MR) is 85.2 cm³/mol. The summed E-state index contributed by atoms with van der Waals surface area (Å²) in [4.78, 5) is 13.3. The Kier molecular flexibility index (Phi) is 3.04. The molecule has 20 heavy (non-hydrogen) atoms. The molecular formula is C15H15N3S2. The van der Waals surface area contributed by atoms with Crippen LogP contribution in [0.25, 0.3) is 0 Å². The third-order valence-corrected chi connectivity index (χ3v) is 5.76. The van der Waals surface area contributed by atoms with Crippen LogP contribution in [0.1, 0.15) is 29.6 Å². The lowest BCUT2D eigenvalue weighted by atomic mass is 10.0. The van der Waals surface area contributed by atoms with Crippen LogP contribution in [-0.2, 0) is 0 Å². The minimum atomic E-state index is 0.129. The van der Waals surface area contributed by atoms with Gasteiger partial charge in [-0.05, 0) is 23.6 Å². The van der Waals surface area contributed by atoms with Crippen molar-refractivity contribution in [2.75, 3.05) is 6.54 Å². The van der Waals surface area contributed by atoms with Crippen molar-refractivity contribution >= 4 is 28.3 Å². The van der Waals surface area contributed by atoms with E-state index in [2.05, 4.69) is 40.4 Å². The number of amidine groups is 1. The Labute approximate surface area is 126 Å². The minimum Gasteiger partial charge on any atom is -0.340 e. The summed E-state index contributed by atoms with van der Waals surface area (Å²) in [6.45, 7) is 3.35. The molecule has 2 aliphatic heterocycles. The Morgan fingerprint density at radius 3 is 2.95 bits per heavy atom. The molecule has 0 amide bonds. The Morgan fingerprint density at radius 1 is 1.25 bits per heavy atom. The lowest BCUT2D eigenvalue weighted by molar-refractivity contribution is 0.326. The molecule has 4 heterocycles. The molecule has 5 heteroatoms. The number of thioether (sulfide) groups is 1. The van der Waals surface area contributed by atoms with Gasteiger partial charge in [0.15, 0.2) is 5.17 Å². The maximum Gasteiger partial charge on any atom is 0.160 e. The summed E-state index contributed by atoms with van der Waals surface area (Å²) in [6.07, 6.45) is 1.86. The van der Waals surface area contributed by atoms with Gasteiger partial charge in [-0.1, -0.05) is 30.8 Å². The van der Waals surface area contributed by atoms with Crippen molar-refractivity contribution < 1.29 is 0 Å². The largest absolute Gasteiger partial charge is 0.340 e. The summed E-state index contributed by atoms with van der Waals surface area (Å²) in [5, 5.41) is 3.96. The summed E-state index contributed by atoms with van der Waals surface area (Å²) in [7, 11) is 0. The molecule has 2 aliphatic rings. The van der Waals surface area contributed by atoms with Gasteiger partial charge < -0.3 is 4.90 Å². The van der Waals surface area contributed by atoms with E-state index >= 15 is 0 Å². The molecule has 4 rings (SSSR count). The standard InChI is InChI=1S/C15H15N3S2/c1-10-9-18-14(12-6-4-8-19-12)13(17-15(18)20-10)11-5-2-3-7-16-11/h2-8,10,13-14H,9H2,1H3/t10-,13-,14-/m1/s1. The third-order valence-electron chi connectivity index (χ3n) is 3.72. The number of rotatable bonds is 2. The van der Waals surface area contributed by atoms with Crippen LogP contribution in [0, 0.1) is 0 Å². The van der Waals surface area contributed by atoms with Crippen LogP contribution in [-0.4, -0.2) is 26.8 Å². The van der Waals surface area contributed by atoms with E-state index in [0.29, 0.717) is 11.3 Å². The smallest absolute Gasteiger partial charge is 0.160 e. The van der Waals surface area contributed by atoms with Gasteiger partial charge in [0, 0.05) is 22.9 Å². The van der Waals surface area contributed by atoms with Crippen LogP contribution in [0.4, 0.5) is 0 Å². The normalized spacial score (nSPS) is 28.6. The highest BCUT2D eigenvalue weighted by atomic mass is 32.2. The van der Waals surface area contributed by atoms with E-state index < -0.39 is 0 Å². The van der Waals surface area contributed by atoms with Gasteiger partial charge in [-0.15, -0.1) is 11.3 Å². The number of hydrogen-bond acceptors (Lipinski definition) is 5. The van der Waals surface area contributed by atoms with Gasteiger partial charge in [0.2, 0.25) is 0 Å². The number of nitrogens with zero attached hydrogens (tertiary/aromatic N) is 3. The molecule has 3 nitrogen and oxygen atoms in total. The van der Waals surface area contributed by atoms with Crippen LogP contribution in [0.15, 0.2) is 46.9 Å². The quantitative estimate of drug-likeness (QED) is 0.846. The van der Waals surface area contributed by atoms with Crippen molar-refractivity contribution in [1.29, 1.82) is 0 Å². The van der Waals surface area contributed by atoms with E-state index in [9.17, 15) is 0 Å². The maximum atomic E-state index is 4.96. The summed E-state index contributed by atoms with van der Waals surface area (Å²) >= 11 is 3.71. The van der Waals surface area contributed by atoms with Crippen molar-refractivity contribution in [2.24, 2.45) is 4.99 Å². The first-order valence-electron chi connectivity index (χ1n) is 6.78. The average molecular weight is 301 g/mol. The van der Waals surface area contributed by atoms with E-state index in [4.69, 9.17) is 4.99 Å². The van der Waals surface area contributed by atoms with Crippen molar-refractivity contribution in [3.05, 3.63) is 52.5 Å². The summed E-state index contributed by atoms with van der Waals surface area (Å²) in [5.74, 6) is 0. The molecule has 1 fully saturated rings. The minimum absolute atomic E-state index is 0.129. The topological polar surface area (TPSA) is 28.5 Å². The first-order chi connectivity index (χ1) is 9.83. The molecule has 0 spiro atoms. The Hall–Kier alpha value is -1.33. The van der Waals surface area contributed by atoms with Crippen molar-refractivity contribution in [3.63, 3.8) is 0 Å². The average Bonchev–Trinajstić information content (AvgIpc) is 3.14. The van der Waals surface area contributed by atoms with Gasteiger partial charge in [-0.25, -0.2) is 0 Å².